The lowest BCUT2D eigenvalue weighted by molar-refractivity contribution is -0.109. The molecule has 0 bridgehead atoms. The Morgan fingerprint density at radius 3 is 2.38 bits per heavy atom. The van der Waals surface area contributed by atoms with E-state index in [1.54, 1.807) is 0 Å². The molecular weight excluding hydrogens is 424 g/mol. The van der Waals surface area contributed by atoms with Crippen LogP contribution in [0.2, 0.25) is 0 Å². The SMILES string of the molecule is CCCn1c(C(O)CC=O)nnc1C1Cc2ccccc2C1.CNc1cccc2ccccc12. The van der Waals surface area contributed by atoms with Gasteiger partial charge in [0.2, 0.25) is 0 Å². The molecule has 0 aliphatic heterocycles. The number of carbonyl (C=O) groups excluding carboxylic acids is 1. The molecule has 1 atom stereocenters. The van der Waals surface area contributed by atoms with Crippen LogP contribution in [0.4, 0.5) is 5.69 Å². The summed E-state index contributed by atoms with van der Waals surface area (Å²) in [5.74, 6) is 1.74. The Morgan fingerprint density at radius 2 is 1.71 bits per heavy atom. The van der Waals surface area contributed by atoms with E-state index in [1.807, 2.05) is 11.6 Å². The number of anilines is 1. The summed E-state index contributed by atoms with van der Waals surface area (Å²) in [4.78, 5) is 10.7. The zero-order valence-corrected chi connectivity index (χ0v) is 19.8. The molecule has 0 amide bonds. The largest absolute Gasteiger partial charge is 0.388 e. The van der Waals surface area contributed by atoms with Crippen LogP contribution in [0.1, 0.15) is 54.6 Å². The molecule has 1 aliphatic rings. The molecule has 0 saturated carbocycles. The first-order valence-electron chi connectivity index (χ1n) is 11.9. The molecule has 5 rings (SSSR count). The number of fused-ring (bicyclic) bond motifs is 2. The van der Waals surface area contributed by atoms with Crippen molar-refractivity contribution in [3.63, 3.8) is 0 Å². The number of carbonyl (C=O) groups is 1. The number of aromatic nitrogens is 3. The van der Waals surface area contributed by atoms with E-state index in [0.29, 0.717) is 11.7 Å². The van der Waals surface area contributed by atoms with Gasteiger partial charge in [-0.25, -0.2) is 0 Å². The van der Waals surface area contributed by atoms with Gasteiger partial charge in [-0.3, -0.25) is 0 Å². The van der Waals surface area contributed by atoms with Gasteiger partial charge in [0.15, 0.2) is 5.82 Å². The normalized spacial score (nSPS) is 13.7. The van der Waals surface area contributed by atoms with E-state index in [9.17, 15) is 9.90 Å². The Balaban J connectivity index is 0.000000192. The molecule has 1 heterocycles. The van der Waals surface area contributed by atoms with Crippen LogP contribution >= 0.6 is 0 Å². The number of hydrogen-bond acceptors (Lipinski definition) is 5. The molecule has 6 heteroatoms. The molecule has 1 unspecified atom stereocenters. The Morgan fingerprint density at radius 1 is 1.03 bits per heavy atom. The topological polar surface area (TPSA) is 80.0 Å². The van der Waals surface area contributed by atoms with Crippen molar-refractivity contribution < 1.29 is 9.90 Å². The third-order valence-electron chi connectivity index (χ3n) is 6.35. The van der Waals surface area contributed by atoms with Gasteiger partial charge < -0.3 is 19.8 Å². The fraction of sp³-hybridized carbons (Fsp3) is 0.321. The minimum atomic E-state index is -0.867. The molecule has 0 radical (unpaired) electrons. The number of nitrogens with one attached hydrogen (secondary N) is 1. The Kier molecular flexibility index (Phi) is 7.70. The molecule has 0 saturated heterocycles. The van der Waals surface area contributed by atoms with Gasteiger partial charge in [-0.05, 0) is 41.8 Å². The molecule has 1 aromatic heterocycles. The van der Waals surface area contributed by atoms with Crippen LogP contribution < -0.4 is 5.32 Å². The monoisotopic (exact) mass is 456 g/mol. The first kappa shape index (κ1) is 23.6. The maximum atomic E-state index is 10.7. The lowest BCUT2D eigenvalue weighted by atomic mass is 10.1. The number of aliphatic hydroxyl groups is 1. The van der Waals surface area contributed by atoms with Crippen molar-refractivity contribution in [3.05, 3.63) is 89.5 Å². The Hall–Kier alpha value is -3.51. The van der Waals surface area contributed by atoms with Gasteiger partial charge in [0.1, 0.15) is 18.2 Å². The standard InChI is InChI=1S/C17H21N3O2.C11H11N/c1-2-8-20-16(18-19-17(20)15(22)7-9-21)14-10-12-5-3-4-6-13(12)11-14;1-12-11-8-4-6-9-5-2-3-7-10(9)11/h3-6,9,14-15,22H,2,7-8,10-11H2,1H3;2-8,12H,1H3. The van der Waals surface area contributed by atoms with Crippen LogP contribution in [0.5, 0.6) is 0 Å². The minimum absolute atomic E-state index is 0.0622. The van der Waals surface area contributed by atoms with Gasteiger partial charge in [0, 0.05) is 37.0 Å². The average molecular weight is 457 g/mol. The molecular formula is C28H32N4O2. The van der Waals surface area contributed by atoms with Crippen LogP contribution in [0.3, 0.4) is 0 Å². The maximum Gasteiger partial charge on any atom is 0.162 e. The highest BCUT2D eigenvalue weighted by atomic mass is 16.3. The zero-order chi connectivity index (χ0) is 23.9. The van der Waals surface area contributed by atoms with Crippen LogP contribution in [0.25, 0.3) is 10.8 Å². The summed E-state index contributed by atoms with van der Waals surface area (Å²) in [5, 5.41) is 24.3. The predicted molar refractivity (Wildman–Crippen MR) is 136 cm³/mol. The van der Waals surface area contributed by atoms with E-state index in [-0.39, 0.29) is 6.42 Å². The van der Waals surface area contributed by atoms with E-state index in [4.69, 9.17) is 0 Å². The summed E-state index contributed by atoms with van der Waals surface area (Å²) in [6.07, 6.45) is 2.77. The summed E-state index contributed by atoms with van der Waals surface area (Å²) in [6.45, 7) is 2.85. The molecule has 176 valence electrons. The minimum Gasteiger partial charge on any atom is -0.388 e. The number of aliphatic hydroxyl groups excluding tert-OH is 1. The van der Waals surface area contributed by atoms with E-state index >= 15 is 0 Å². The van der Waals surface area contributed by atoms with Crippen molar-refractivity contribution in [2.75, 3.05) is 12.4 Å². The molecule has 0 fully saturated rings. The third kappa shape index (κ3) is 5.02. The smallest absolute Gasteiger partial charge is 0.162 e. The highest BCUT2D eigenvalue weighted by molar-refractivity contribution is 5.93. The van der Waals surface area contributed by atoms with Crippen molar-refractivity contribution in [2.24, 2.45) is 0 Å². The molecule has 1 aliphatic carbocycles. The summed E-state index contributed by atoms with van der Waals surface area (Å²) >= 11 is 0. The number of nitrogens with zero attached hydrogens (tertiary/aromatic N) is 3. The average Bonchev–Trinajstić information content (AvgIpc) is 3.48. The second-order valence-electron chi connectivity index (χ2n) is 8.64. The summed E-state index contributed by atoms with van der Waals surface area (Å²) in [5.41, 5.74) is 3.93. The second kappa shape index (κ2) is 11.1. The van der Waals surface area contributed by atoms with Gasteiger partial charge >= 0.3 is 0 Å². The maximum absolute atomic E-state index is 10.7. The van der Waals surface area contributed by atoms with Crippen molar-refractivity contribution in [3.8, 4) is 0 Å². The third-order valence-corrected chi connectivity index (χ3v) is 6.35. The Labute approximate surface area is 200 Å². The van der Waals surface area contributed by atoms with E-state index in [1.165, 1.54) is 27.6 Å². The lowest BCUT2D eigenvalue weighted by Gasteiger charge is -2.15. The molecule has 2 N–H and O–H groups in total. The number of aldehydes is 1. The highest BCUT2D eigenvalue weighted by Gasteiger charge is 2.29. The van der Waals surface area contributed by atoms with Crippen LogP contribution in [-0.4, -0.2) is 33.2 Å². The van der Waals surface area contributed by atoms with Gasteiger partial charge in [-0.2, -0.15) is 0 Å². The molecule has 0 spiro atoms. The van der Waals surface area contributed by atoms with Gasteiger partial charge in [0.25, 0.3) is 0 Å². The van der Waals surface area contributed by atoms with Gasteiger partial charge in [-0.15, -0.1) is 10.2 Å². The second-order valence-corrected chi connectivity index (χ2v) is 8.64. The van der Waals surface area contributed by atoms with Gasteiger partial charge in [-0.1, -0.05) is 67.6 Å². The molecule has 3 aromatic carbocycles. The molecule has 34 heavy (non-hydrogen) atoms. The van der Waals surface area contributed by atoms with E-state index < -0.39 is 6.10 Å². The quantitative estimate of drug-likeness (QED) is 0.379. The fourth-order valence-corrected chi connectivity index (χ4v) is 4.71. The number of benzene rings is 3. The van der Waals surface area contributed by atoms with Crippen molar-refractivity contribution in [1.82, 2.24) is 14.8 Å². The van der Waals surface area contributed by atoms with Crippen LogP contribution in [0.15, 0.2) is 66.7 Å². The summed E-state index contributed by atoms with van der Waals surface area (Å²) < 4.78 is 2.00. The molecule has 6 nitrogen and oxygen atoms in total. The number of hydrogen-bond donors (Lipinski definition) is 2. The van der Waals surface area contributed by atoms with Crippen molar-refractivity contribution in [1.29, 1.82) is 0 Å². The van der Waals surface area contributed by atoms with E-state index in [2.05, 4.69) is 89.2 Å². The first-order valence-corrected chi connectivity index (χ1v) is 11.9. The predicted octanol–water partition coefficient (Wildman–Crippen LogP) is 5.07. The highest BCUT2D eigenvalue weighted by Crippen LogP contribution is 2.34. The zero-order valence-electron chi connectivity index (χ0n) is 19.8. The number of rotatable bonds is 7. The first-order chi connectivity index (χ1) is 16.7. The Bertz CT molecular complexity index is 1220. The molecule has 4 aromatic rings. The van der Waals surface area contributed by atoms with Crippen molar-refractivity contribution >= 4 is 22.7 Å². The summed E-state index contributed by atoms with van der Waals surface area (Å²) in [7, 11) is 1.95. The van der Waals surface area contributed by atoms with Crippen molar-refractivity contribution in [2.45, 2.75) is 51.2 Å². The van der Waals surface area contributed by atoms with Gasteiger partial charge in [0.05, 0.1) is 0 Å². The summed E-state index contributed by atoms with van der Waals surface area (Å²) in [6, 6.07) is 23.1. The fourth-order valence-electron chi connectivity index (χ4n) is 4.71. The van der Waals surface area contributed by atoms with Crippen LogP contribution in [0, 0.1) is 0 Å². The van der Waals surface area contributed by atoms with Crippen LogP contribution in [-0.2, 0) is 24.2 Å². The van der Waals surface area contributed by atoms with E-state index in [0.717, 1.165) is 37.9 Å². The lowest BCUT2D eigenvalue weighted by Crippen LogP contribution is -2.14.